The SMILES string of the molecule is C#CCCCC(=C)C[C@@H]1OC(=O)[C@H](C)[C@@H]1O. The second kappa shape index (κ2) is 5.72. The number of rotatable bonds is 5. The molecule has 16 heavy (non-hydrogen) atoms. The highest BCUT2D eigenvalue weighted by atomic mass is 16.6. The van der Waals surface area contributed by atoms with Crippen molar-refractivity contribution in [2.75, 3.05) is 0 Å². The molecular formula is C13H18O3. The van der Waals surface area contributed by atoms with Gasteiger partial charge in [0.15, 0.2) is 0 Å². The normalized spacial score (nSPS) is 28.6. The van der Waals surface area contributed by atoms with E-state index in [1.54, 1.807) is 6.92 Å². The van der Waals surface area contributed by atoms with E-state index < -0.39 is 18.1 Å². The van der Waals surface area contributed by atoms with Gasteiger partial charge in [0, 0.05) is 12.8 Å². The Balaban J connectivity index is 2.35. The van der Waals surface area contributed by atoms with Gasteiger partial charge in [-0.2, -0.15) is 0 Å². The smallest absolute Gasteiger partial charge is 0.311 e. The summed E-state index contributed by atoms with van der Waals surface area (Å²) in [6, 6.07) is 0. The van der Waals surface area contributed by atoms with Gasteiger partial charge in [-0.25, -0.2) is 0 Å². The van der Waals surface area contributed by atoms with E-state index in [2.05, 4.69) is 12.5 Å². The monoisotopic (exact) mass is 222 g/mol. The third kappa shape index (κ3) is 3.11. The molecule has 1 rings (SSSR count). The Labute approximate surface area is 96.5 Å². The van der Waals surface area contributed by atoms with Crippen molar-refractivity contribution in [3.05, 3.63) is 12.2 Å². The number of esters is 1. The third-order valence-corrected chi connectivity index (χ3v) is 2.87. The Kier molecular flexibility index (Phi) is 4.57. The van der Waals surface area contributed by atoms with Crippen molar-refractivity contribution >= 4 is 5.97 Å². The molecule has 1 aliphatic rings. The average molecular weight is 222 g/mol. The molecule has 0 amide bonds. The van der Waals surface area contributed by atoms with Crippen molar-refractivity contribution in [1.29, 1.82) is 0 Å². The first-order valence-corrected chi connectivity index (χ1v) is 5.55. The zero-order valence-electron chi connectivity index (χ0n) is 9.61. The molecule has 1 fully saturated rings. The van der Waals surface area contributed by atoms with Crippen LogP contribution in [0.25, 0.3) is 0 Å². The van der Waals surface area contributed by atoms with Crippen LogP contribution in [0.2, 0.25) is 0 Å². The number of unbranched alkanes of at least 4 members (excludes halogenated alkanes) is 1. The molecule has 1 saturated heterocycles. The molecule has 0 saturated carbocycles. The fourth-order valence-electron chi connectivity index (χ4n) is 1.78. The van der Waals surface area contributed by atoms with Crippen LogP contribution in [0.3, 0.4) is 0 Å². The summed E-state index contributed by atoms with van der Waals surface area (Å²) in [7, 11) is 0. The molecule has 0 bridgehead atoms. The summed E-state index contributed by atoms with van der Waals surface area (Å²) in [5.41, 5.74) is 0.973. The zero-order chi connectivity index (χ0) is 12.1. The molecule has 1 heterocycles. The van der Waals surface area contributed by atoms with Gasteiger partial charge in [0.05, 0.1) is 5.92 Å². The molecular weight excluding hydrogens is 204 g/mol. The molecule has 0 radical (unpaired) electrons. The summed E-state index contributed by atoms with van der Waals surface area (Å²) in [4.78, 5) is 11.2. The van der Waals surface area contributed by atoms with Crippen molar-refractivity contribution in [3.63, 3.8) is 0 Å². The van der Waals surface area contributed by atoms with Gasteiger partial charge in [0.1, 0.15) is 12.2 Å². The number of carbonyl (C=O) groups excluding carboxylic acids is 1. The fourth-order valence-corrected chi connectivity index (χ4v) is 1.78. The van der Waals surface area contributed by atoms with Crippen LogP contribution in [0.5, 0.6) is 0 Å². The molecule has 3 atom stereocenters. The van der Waals surface area contributed by atoms with Gasteiger partial charge < -0.3 is 9.84 Å². The highest BCUT2D eigenvalue weighted by Gasteiger charge is 2.40. The van der Waals surface area contributed by atoms with E-state index >= 15 is 0 Å². The number of hydrogen-bond donors (Lipinski definition) is 1. The summed E-state index contributed by atoms with van der Waals surface area (Å²) in [5.74, 6) is 1.81. The maximum absolute atomic E-state index is 11.2. The molecule has 3 heteroatoms. The van der Waals surface area contributed by atoms with Gasteiger partial charge in [-0.05, 0) is 19.8 Å². The Bertz CT molecular complexity index is 314. The van der Waals surface area contributed by atoms with Crippen LogP contribution < -0.4 is 0 Å². The van der Waals surface area contributed by atoms with E-state index in [0.29, 0.717) is 6.42 Å². The molecule has 1 N–H and O–H groups in total. The van der Waals surface area contributed by atoms with E-state index in [-0.39, 0.29) is 5.97 Å². The van der Waals surface area contributed by atoms with Crippen molar-refractivity contribution < 1.29 is 14.6 Å². The summed E-state index contributed by atoms with van der Waals surface area (Å²) in [5, 5.41) is 9.73. The number of aliphatic hydroxyl groups is 1. The van der Waals surface area contributed by atoms with Gasteiger partial charge in [-0.3, -0.25) is 4.79 Å². The quantitative estimate of drug-likeness (QED) is 0.333. The highest BCUT2D eigenvalue weighted by molar-refractivity contribution is 5.75. The summed E-state index contributed by atoms with van der Waals surface area (Å²) in [6.45, 7) is 5.58. The van der Waals surface area contributed by atoms with Crippen LogP contribution in [0, 0.1) is 18.3 Å². The third-order valence-electron chi connectivity index (χ3n) is 2.87. The van der Waals surface area contributed by atoms with E-state index in [1.165, 1.54) is 0 Å². The van der Waals surface area contributed by atoms with Gasteiger partial charge in [-0.1, -0.05) is 12.2 Å². The first kappa shape index (κ1) is 12.8. The van der Waals surface area contributed by atoms with E-state index in [4.69, 9.17) is 11.2 Å². The van der Waals surface area contributed by atoms with Crippen LogP contribution in [0.1, 0.15) is 32.6 Å². The summed E-state index contributed by atoms with van der Waals surface area (Å²) >= 11 is 0. The summed E-state index contributed by atoms with van der Waals surface area (Å²) < 4.78 is 5.07. The highest BCUT2D eigenvalue weighted by Crippen LogP contribution is 2.26. The molecule has 0 aromatic rings. The minimum Gasteiger partial charge on any atom is -0.459 e. The number of aliphatic hydroxyl groups excluding tert-OH is 1. The van der Waals surface area contributed by atoms with Gasteiger partial charge in [-0.15, -0.1) is 12.3 Å². The lowest BCUT2D eigenvalue weighted by atomic mass is 9.97. The molecule has 0 aromatic heterocycles. The van der Waals surface area contributed by atoms with Gasteiger partial charge in [0.25, 0.3) is 0 Å². The number of terminal acetylenes is 1. The predicted molar refractivity (Wildman–Crippen MR) is 61.5 cm³/mol. The molecule has 1 aliphatic heterocycles. The summed E-state index contributed by atoms with van der Waals surface area (Å²) in [6.07, 6.45) is 6.97. The Hall–Kier alpha value is -1.27. The van der Waals surface area contributed by atoms with Crippen LogP contribution in [0.4, 0.5) is 0 Å². The van der Waals surface area contributed by atoms with Crippen LogP contribution >= 0.6 is 0 Å². The molecule has 0 aliphatic carbocycles. The maximum atomic E-state index is 11.2. The van der Waals surface area contributed by atoms with Crippen molar-refractivity contribution in [3.8, 4) is 12.3 Å². The second-order valence-corrected chi connectivity index (χ2v) is 4.27. The van der Waals surface area contributed by atoms with Crippen LogP contribution in [0.15, 0.2) is 12.2 Å². The van der Waals surface area contributed by atoms with Crippen molar-refractivity contribution in [1.82, 2.24) is 0 Å². The number of ether oxygens (including phenoxy) is 1. The Morgan fingerprint density at radius 2 is 2.38 bits per heavy atom. The first-order chi connectivity index (χ1) is 7.56. The topological polar surface area (TPSA) is 46.5 Å². The molecule has 0 aromatic carbocycles. The lowest BCUT2D eigenvalue weighted by molar-refractivity contribution is -0.143. The average Bonchev–Trinajstić information content (AvgIpc) is 2.47. The number of cyclic esters (lactones) is 1. The standard InChI is InChI=1S/C13H18O3/c1-4-5-6-7-9(2)8-11-12(14)10(3)13(15)16-11/h1,10-12,14H,2,5-8H2,3H3/t10-,11+,12+/m1/s1. The number of hydrogen-bond acceptors (Lipinski definition) is 3. The van der Waals surface area contributed by atoms with Crippen LogP contribution in [-0.4, -0.2) is 23.3 Å². The first-order valence-electron chi connectivity index (χ1n) is 5.55. The van der Waals surface area contributed by atoms with Gasteiger partial charge >= 0.3 is 5.97 Å². The Morgan fingerprint density at radius 1 is 1.69 bits per heavy atom. The minimum atomic E-state index is -0.711. The molecule has 88 valence electrons. The van der Waals surface area contributed by atoms with E-state index in [9.17, 15) is 9.90 Å². The predicted octanol–water partition coefficient (Wildman–Crippen LogP) is 1.66. The zero-order valence-corrected chi connectivity index (χ0v) is 9.61. The van der Waals surface area contributed by atoms with Crippen LogP contribution in [-0.2, 0) is 9.53 Å². The molecule has 3 nitrogen and oxygen atoms in total. The van der Waals surface area contributed by atoms with Crippen molar-refractivity contribution in [2.24, 2.45) is 5.92 Å². The van der Waals surface area contributed by atoms with E-state index in [1.807, 2.05) is 0 Å². The Morgan fingerprint density at radius 3 is 2.88 bits per heavy atom. The molecule has 0 unspecified atom stereocenters. The lowest BCUT2D eigenvalue weighted by Gasteiger charge is -2.15. The number of carbonyl (C=O) groups is 1. The fraction of sp³-hybridized carbons (Fsp3) is 0.615. The lowest BCUT2D eigenvalue weighted by Crippen LogP contribution is -2.25. The minimum absolute atomic E-state index is 0.325. The largest absolute Gasteiger partial charge is 0.459 e. The maximum Gasteiger partial charge on any atom is 0.311 e. The van der Waals surface area contributed by atoms with Gasteiger partial charge in [0.2, 0.25) is 0 Å². The van der Waals surface area contributed by atoms with E-state index in [0.717, 1.165) is 24.8 Å². The second-order valence-electron chi connectivity index (χ2n) is 4.27. The molecule has 0 spiro atoms. The van der Waals surface area contributed by atoms with Crippen molar-refractivity contribution in [2.45, 2.75) is 44.8 Å².